The van der Waals surface area contributed by atoms with E-state index in [4.69, 9.17) is 5.73 Å². The zero-order valence-corrected chi connectivity index (χ0v) is 16.9. The Morgan fingerprint density at radius 2 is 1.85 bits per heavy atom. The molecular formula is C21H27N3O2S. The third-order valence-electron chi connectivity index (χ3n) is 4.32. The zero-order valence-electron chi connectivity index (χ0n) is 16.0. The number of nitrogens with two attached hydrogens (primary N) is 1. The second-order valence-corrected chi connectivity index (χ2v) is 7.79. The van der Waals surface area contributed by atoms with E-state index in [2.05, 4.69) is 42.7 Å². The number of urea groups is 1. The van der Waals surface area contributed by atoms with E-state index in [-0.39, 0.29) is 12.3 Å². The van der Waals surface area contributed by atoms with Crippen LogP contribution >= 0.6 is 11.8 Å². The maximum Gasteiger partial charge on any atom is 0.312 e. The van der Waals surface area contributed by atoms with E-state index < -0.39 is 12.1 Å². The van der Waals surface area contributed by atoms with Crippen molar-refractivity contribution in [1.29, 1.82) is 0 Å². The largest absolute Gasteiger partial charge is 0.355 e. The van der Waals surface area contributed by atoms with Gasteiger partial charge in [-0.2, -0.15) is 0 Å². The molecule has 3 amide bonds. The van der Waals surface area contributed by atoms with Crippen LogP contribution in [0, 0.1) is 20.8 Å². The topological polar surface area (TPSA) is 84.2 Å². The van der Waals surface area contributed by atoms with Gasteiger partial charge in [-0.05, 0) is 49.6 Å². The maximum absolute atomic E-state index is 12.3. The van der Waals surface area contributed by atoms with Gasteiger partial charge in [-0.25, -0.2) is 4.79 Å². The molecule has 0 aliphatic rings. The molecule has 0 saturated carbocycles. The summed E-state index contributed by atoms with van der Waals surface area (Å²) in [4.78, 5) is 24.8. The van der Waals surface area contributed by atoms with Crippen LogP contribution in [0.5, 0.6) is 0 Å². The molecular weight excluding hydrogens is 358 g/mol. The first-order chi connectivity index (χ1) is 12.8. The molecule has 144 valence electrons. The molecule has 0 bridgehead atoms. The van der Waals surface area contributed by atoms with Gasteiger partial charge in [0, 0.05) is 17.2 Å². The number of rotatable bonds is 8. The van der Waals surface area contributed by atoms with Gasteiger partial charge in [0.25, 0.3) is 0 Å². The lowest BCUT2D eigenvalue weighted by Crippen LogP contribution is -2.37. The van der Waals surface area contributed by atoms with Crippen LogP contribution in [0.1, 0.15) is 34.7 Å². The van der Waals surface area contributed by atoms with Crippen LogP contribution in [0.2, 0.25) is 0 Å². The van der Waals surface area contributed by atoms with Crippen molar-refractivity contribution in [3.63, 3.8) is 0 Å². The summed E-state index contributed by atoms with van der Waals surface area (Å²) in [5.41, 5.74) is 9.74. The number of benzene rings is 2. The standard InChI is InChI=1S/C21H27N3O2S/c1-14-5-4-6-17(11-14)19(24-21(22)26)13-20(25)23-9-10-27-18-8-7-15(2)16(3)12-18/h4-8,11-12,19H,9-10,13H2,1-3H3,(H,23,25)(H3,22,24,26)/t19-/m0/s1. The van der Waals surface area contributed by atoms with Gasteiger partial charge in [0.05, 0.1) is 12.5 Å². The minimum Gasteiger partial charge on any atom is -0.355 e. The number of aryl methyl sites for hydroxylation is 3. The highest BCUT2D eigenvalue weighted by atomic mass is 32.2. The van der Waals surface area contributed by atoms with Crippen molar-refractivity contribution in [3.8, 4) is 0 Å². The summed E-state index contributed by atoms with van der Waals surface area (Å²) in [7, 11) is 0. The van der Waals surface area contributed by atoms with Crippen molar-refractivity contribution in [2.75, 3.05) is 12.3 Å². The third kappa shape index (κ3) is 6.98. The van der Waals surface area contributed by atoms with Gasteiger partial charge in [-0.3, -0.25) is 4.79 Å². The molecule has 0 aliphatic carbocycles. The van der Waals surface area contributed by atoms with Gasteiger partial charge in [0.1, 0.15) is 0 Å². The number of hydrogen-bond donors (Lipinski definition) is 3. The molecule has 0 saturated heterocycles. The predicted octanol–water partition coefficient (Wildman–Crippen LogP) is 3.62. The molecule has 2 aromatic carbocycles. The average Bonchev–Trinajstić information content (AvgIpc) is 2.61. The fourth-order valence-corrected chi connectivity index (χ4v) is 3.60. The highest BCUT2D eigenvalue weighted by molar-refractivity contribution is 7.99. The lowest BCUT2D eigenvalue weighted by atomic mass is 10.0. The quantitative estimate of drug-likeness (QED) is 0.479. The van der Waals surface area contributed by atoms with E-state index in [1.807, 2.05) is 31.2 Å². The first-order valence-electron chi connectivity index (χ1n) is 8.94. The van der Waals surface area contributed by atoms with Crippen molar-refractivity contribution in [2.45, 2.75) is 38.1 Å². The Bertz CT molecular complexity index is 808. The molecule has 27 heavy (non-hydrogen) atoms. The van der Waals surface area contributed by atoms with Gasteiger partial charge in [-0.15, -0.1) is 11.8 Å². The first-order valence-corrected chi connectivity index (χ1v) is 9.93. The minimum absolute atomic E-state index is 0.115. The Morgan fingerprint density at radius 3 is 2.52 bits per heavy atom. The van der Waals surface area contributed by atoms with Crippen LogP contribution in [0.3, 0.4) is 0 Å². The number of thioether (sulfide) groups is 1. The highest BCUT2D eigenvalue weighted by Gasteiger charge is 2.17. The molecule has 5 nitrogen and oxygen atoms in total. The number of carbonyl (C=O) groups excluding carboxylic acids is 2. The molecule has 0 aliphatic heterocycles. The molecule has 0 fully saturated rings. The van der Waals surface area contributed by atoms with Crippen molar-refractivity contribution < 1.29 is 9.59 Å². The molecule has 0 unspecified atom stereocenters. The molecule has 2 aromatic rings. The first kappa shape index (κ1) is 20.8. The Morgan fingerprint density at radius 1 is 1.07 bits per heavy atom. The summed E-state index contributed by atoms with van der Waals surface area (Å²) < 4.78 is 0. The molecule has 0 aromatic heterocycles. The van der Waals surface area contributed by atoms with E-state index in [0.29, 0.717) is 6.54 Å². The van der Waals surface area contributed by atoms with Crippen LogP contribution in [0.4, 0.5) is 4.79 Å². The summed E-state index contributed by atoms with van der Waals surface area (Å²) in [5, 5.41) is 5.57. The van der Waals surface area contributed by atoms with Crippen molar-refractivity contribution in [1.82, 2.24) is 10.6 Å². The van der Waals surface area contributed by atoms with Gasteiger partial charge >= 0.3 is 6.03 Å². The van der Waals surface area contributed by atoms with Crippen molar-refractivity contribution in [3.05, 3.63) is 64.7 Å². The number of carbonyl (C=O) groups is 2. The number of nitrogens with one attached hydrogen (secondary N) is 2. The van der Waals surface area contributed by atoms with E-state index in [1.165, 1.54) is 16.0 Å². The summed E-state index contributed by atoms with van der Waals surface area (Å²) in [6.45, 7) is 6.72. The smallest absolute Gasteiger partial charge is 0.312 e. The highest BCUT2D eigenvalue weighted by Crippen LogP contribution is 2.21. The fraction of sp³-hybridized carbons (Fsp3) is 0.333. The fourth-order valence-electron chi connectivity index (χ4n) is 2.73. The Balaban J connectivity index is 1.84. The van der Waals surface area contributed by atoms with E-state index in [1.54, 1.807) is 11.8 Å². The van der Waals surface area contributed by atoms with Crippen molar-refractivity contribution >= 4 is 23.7 Å². The van der Waals surface area contributed by atoms with Gasteiger partial charge in [0.2, 0.25) is 5.91 Å². The lowest BCUT2D eigenvalue weighted by molar-refractivity contribution is -0.121. The van der Waals surface area contributed by atoms with Gasteiger partial charge in [-0.1, -0.05) is 35.9 Å². The Labute approximate surface area is 165 Å². The molecule has 0 radical (unpaired) electrons. The molecule has 4 N–H and O–H groups in total. The second kappa shape index (κ2) is 10.0. The summed E-state index contributed by atoms with van der Waals surface area (Å²) in [6, 6.07) is 13.0. The summed E-state index contributed by atoms with van der Waals surface area (Å²) in [5.74, 6) is 0.669. The van der Waals surface area contributed by atoms with Crippen molar-refractivity contribution in [2.24, 2.45) is 5.73 Å². The zero-order chi connectivity index (χ0) is 19.8. The maximum atomic E-state index is 12.3. The number of hydrogen-bond acceptors (Lipinski definition) is 3. The SMILES string of the molecule is Cc1cccc([C@H](CC(=O)NCCSc2ccc(C)c(C)c2)NC(N)=O)c1. The summed E-state index contributed by atoms with van der Waals surface area (Å²) in [6.07, 6.45) is 0.153. The molecule has 6 heteroatoms. The van der Waals surface area contributed by atoms with Crippen LogP contribution in [0.25, 0.3) is 0 Å². The molecule has 0 spiro atoms. The lowest BCUT2D eigenvalue weighted by Gasteiger charge is -2.18. The van der Waals surface area contributed by atoms with E-state index in [9.17, 15) is 9.59 Å². The van der Waals surface area contributed by atoms with E-state index in [0.717, 1.165) is 16.9 Å². The van der Waals surface area contributed by atoms with Gasteiger partial charge < -0.3 is 16.4 Å². The second-order valence-electron chi connectivity index (χ2n) is 6.62. The molecule has 0 heterocycles. The average molecular weight is 386 g/mol. The molecule has 1 atom stereocenters. The Kier molecular flexibility index (Phi) is 7.73. The Hall–Kier alpha value is -2.47. The van der Waals surface area contributed by atoms with E-state index >= 15 is 0 Å². The van der Waals surface area contributed by atoms with Gasteiger partial charge in [0.15, 0.2) is 0 Å². The van der Waals surface area contributed by atoms with Crippen LogP contribution < -0.4 is 16.4 Å². The number of primary amides is 1. The normalized spacial score (nSPS) is 11.7. The minimum atomic E-state index is -0.639. The molecule has 2 rings (SSSR count). The van der Waals surface area contributed by atoms with Crippen LogP contribution in [-0.2, 0) is 4.79 Å². The van der Waals surface area contributed by atoms with Crippen LogP contribution in [0.15, 0.2) is 47.4 Å². The monoisotopic (exact) mass is 385 g/mol. The summed E-state index contributed by atoms with van der Waals surface area (Å²) >= 11 is 1.71. The third-order valence-corrected chi connectivity index (χ3v) is 5.32. The predicted molar refractivity (Wildman–Crippen MR) is 111 cm³/mol. The number of amides is 3. The van der Waals surface area contributed by atoms with Crippen LogP contribution in [-0.4, -0.2) is 24.2 Å².